The SMILES string of the molecule is C[C@H]1NC(=S)N(c2ccc(O)cc2)C1=O. The second kappa shape index (κ2) is 3.51. The summed E-state index contributed by atoms with van der Waals surface area (Å²) in [5.41, 5.74) is 0.666. The lowest BCUT2D eigenvalue weighted by atomic mass is 10.2. The van der Waals surface area contributed by atoms with E-state index in [2.05, 4.69) is 5.32 Å². The number of amides is 1. The predicted octanol–water partition coefficient (Wildman–Crippen LogP) is 1.00. The lowest BCUT2D eigenvalue weighted by molar-refractivity contribution is -0.117. The van der Waals surface area contributed by atoms with E-state index in [4.69, 9.17) is 17.3 Å². The van der Waals surface area contributed by atoms with Crippen molar-refractivity contribution in [1.29, 1.82) is 0 Å². The van der Waals surface area contributed by atoms with Gasteiger partial charge in [0, 0.05) is 0 Å². The zero-order valence-corrected chi connectivity index (χ0v) is 8.91. The molecule has 1 fully saturated rings. The van der Waals surface area contributed by atoms with Gasteiger partial charge in [-0.1, -0.05) is 0 Å². The third-order valence-corrected chi connectivity index (χ3v) is 2.54. The monoisotopic (exact) mass is 222 g/mol. The van der Waals surface area contributed by atoms with Crippen molar-refractivity contribution in [3.8, 4) is 5.75 Å². The summed E-state index contributed by atoms with van der Waals surface area (Å²) in [5.74, 6) is 0.0861. The molecule has 0 spiro atoms. The smallest absolute Gasteiger partial charge is 0.255 e. The van der Waals surface area contributed by atoms with Gasteiger partial charge in [-0.25, -0.2) is 0 Å². The second-order valence-corrected chi connectivity index (χ2v) is 3.75. The number of carbonyl (C=O) groups excluding carboxylic acids is 1. The van der Waals surface area contributed by atoms with E-state index >= 15 is 0 Å². The average molecular weight is 222 g/mol. The zero-order chi connectivity index (χ0) is 11.0. The maximum Gasteiger partial charge on any atom is 0.255 e. The molecule has 0 aliphatic carbocycles. The number of hydrogen-bond acceptors (Lipinski definition) is 3. The minimum atomic E-state index is -0.286. The Hall–Kier alpha value is -1.62. The number of phenolic OH excluding ortho intramolecular Hbond substituents is 1. The number of benzene rings is 1. The Morgan fingerprint density at radius 3 is 2.47 bits per heavy atom. The molecule has 1 saturated heterocycles. The van der Waals surface area contributed by atoms with Crippen LogP contribution in [0.2, 0.25) is 0 Å². The summed E-state index contributed by atoms with van der Waals surface area (Å²) < 4.78 is 0. The van der Waals surface area contributed by atoms with Crippen molar-refractivity contribution in [2.45, 2.75) is 13.0 Å². The highest BCUT2D eigenvalue weighted by atomic mass is 32.1. The molecule has 1 aliphatic rings. The van der Waals surface area contributed by atoms with E-state index in [0.717, 1.165) is 0 Å². The first-order valence-electron chi connectivity index (χ1n) is 4.53. The van der Waals surface area contributed by atoms with Gasteiger partial charge < -0.3 is 10.4 Å². The molecule has 1 heterocycles. The van der Waals surface area contributed by atoms with Crippen LogP contribution in [0.5, 0.6) is 5.75 Å². The number of hydrogen-bond donors (Lipinski definition) is 2. The van der Waals surface area contributed by atoms with Crippen LogP contribution < -0.4 is 10.2 Å². The van der Waals surface area contributed by atoms with Crippen LogP contribution in [0, 0.1) is 0 Å². The van der Waals surface area contributed by atoms with Crippen LogP contribution in [0.15, 0.2) is 24.3 Å². The number of rotatable bonds is 1. The summed E-state index contributed by atoms with van der Waals surface area (Å²) in [6.07, 6.45) is 0. The Morgan fingerprint density at radius 1 is 1.40 bits per heavy atom. The van der Waals surface area contributed by atoms with E-state index in [1.807, 2.05) is 0 Å². The summed E-state index contributed by atoms with van der Waals surface area (Å²) >= 11 is 5.04. The van der Waals surface area contributed by atoms with Gasteiger partial charge in [0.15, 0.2) is 5.11 Å². The second-order valence-electron chi connectivity index (χ2n) is 3.36. The highest BCUT2D eigenvalue weighted by Gasteiger charge is 2.33. The van der Waals surface area contributed by atoms with Crippen molar-refractivity contribution in [3.05, 3.63) is 24.3 Å². The van der Waals surface area contributed by atoms with Gasteiger partial charge >= 0.3 is 0 Å². The van der Waals surface area contributed by atoms with Crippen molar-refractivity contribution >= 4 is 28.9 Å². The fraction of sp³-hybridized carbons (Fsp3) is 0.200. The maximum absolute atomic E-state index is 11.7. The van der Waals surface area contributed by atoms with Gasteiger partial charge in [-0.3, -0.25) is 9.69 Å². The highest BCUT2D eigenvalue weighted by Crippen LogP contribution is 2.21. The average Bonchev–Trinajstić information content (AvgIpc) is 2.44. The molecule has 1 atom stereocenters. The molecule has 15 heavy (non-hydrogen) atoms. The Morgan fingerprint density at radius 2 is 2.00 bits per heavy atom. The third-order valence-electron chi connectivity index (χ3n) is 2.24. The topological polar surface area (TPSA) is 52.6 Å². The largest absolute Gasteiger partial charge is 0.508 e. The molecule has 1 aromatic carbocycles. The minimum absolute atomic E-state index is 0.0781. The van der Waals surface area contributed by atoms with Crippen LogP contribution in [0.1, 0.15) is 6.92 Å². The minimum Gasteiger partial charge on any atom is -0.508 e. The van der Waals surface area contributed by atoms with Crippen LogP contribution in [0.4, 0.5) is 5.69 Å². The number of thiocarbonyl (C=S) groups is 1. The van der Waals surface area contributed by atoms with Gasteiger partial charge in [0.05, 0.1) is 5.69 Å². The lowest BCUT2D eigenvalue weighted by Crippen LogP contribution is -2.30. The predicted molar refractivity (Wildman–Crippen MR) is 60.8 cm³/mol. The fourth-order valence-electron chi connectivity index (χ4n) is 1.45. The van der Waals surface area contributed by atoms with Gasteiger partial charge in [-0.15, -0.1) is 0 Å². The molecule has 1 aromatic rings. The zero-order valence-electron chi connectivity index (χ0n) is 8.10. The van der Waals surface area contributed by atoms with E-state index in [-0.39, 0.29) is 17.7 Å². The van der Waals surface area contributed by atoms with Gasteiger partial charge in [0.25, 0.3) is 5.91 Å². The van der Waals surface area contributed by atoms with Crippen molar-refractivity contribution in [2.75, 3.05) is 4.90 Å². The molecule has 1 aliphatic heterocycles. The summed E-state index contributed by atoms with van der Waals surface area (Å²) in [5, 5.41) is 12.4. The van der Waals surface area contributed by atoms with Crippen LogP contribution in [-0.4, -0.2) is 22.2 Å². The Balaban J connectivity index is 2.35. The van der Waals surface area contributed by atoms with Gasteiger partial charge in [0.1, 0.15) is 11.8 Å². The Labute approximate surface area is 92.5 Å². The van der Waals surface area contributed by atoms with E-state index < -0.39 is 0 Å². The molecular formula is C10H10N2O2S. The molecule has 78 valence electrons. The molecule has 5 heteroatoms. The van der Waals surface area contributed by atoms with Crippen molar-refractivity contribution in [3.63, 3.8) is 0 Å². The first kappa shape index (κ1) is 9.92. The first-order chi connectivity index (χ1) is 7.09. The highest BCUT2D eigenvalue weighted by molar-refractivity contribution is 7.80. The number of nitrogens with one attached hydrogen (secondary N) is 1. The third kappa shape index (κ3) is 1.66. The van der Waals surface area contributed by atoms with E-state index in [1.54, 1.807) is 19.1 Å². The van der Waals surface area contributed by atoms with Crippen molar-refractivity contribution in [2.24, 2.45) is 0 Å². The van der Waals surface area contributed by atoms with Gasteiger partial charge in [0.2, 0.25) is 0 Å². The van der Waals surface area contributed by atoms with Crippen molar-refractivity contribution in [1.82, 2.24) is 5.32 Å². The van der Waals surface area contributed by atoms with Crippen LogP contribution in [0.25, 0.3) is 0 Å². The molecule has 0 bridgehead atoms. The molecular weight excluding hydrogens is 212 g/mol. The molecule has 0 radical (unpaired) electrons. The van der Waals surface area contributed by atoms with E-state index in [0.29, 0.717) is 10.8 Å². The first-order valence-corrected chi connectivity index (χ1v) is 4.94. The van der Waals surface area contributed by atoms with Crippen molar-refractivity contribution < 1.29 is 9.90 Å². The standard InChI is InChI=1S/C10H10N2O2S/c1-6-9(14)12(10(15)11-6)7-2-4-8(13)5-3-7/h2-6,13H,1H3,(H,11,15)/t6-/m1/s1. The molecule has 2 rings (SSSR count). The van der Waals surface area contributed by atoms with E-state index in [9.17, 15) is 4.79 Å². The van der Waals surface area contributed by atoms with Crippen LogP contribution in [-0.2, 0) is 4.79 Å². The number of carbonyl (C=O) groups is 1. The van der Waals surface area contributed by atoms with Crippen LogP contribution >= 0.6 is 12.2 Å². The molecule has 2 N–H and O–H groups in total. The van der Waals surface area contributed by atoms with Crippen LogP contribution in [0.3, 0.4) is 0 Å². The number of phenols is 1. The summed E-state index contributed by atoms with van der Waals surface area (Å²) in [6.45, 7) is 1.76. The summed E-state index contributed by atoms with van der Waals surface area (Å²) in [4.78, 5) is 13.1. The number of nitrogens with zero attached hydrogens (tertiary/aromatic N) is 1. The summed E-state index contributed by atoms with van der Waals surface area (Å²) in [6, 6.07) is 6.06. The molecule has 1 amide bonds. The maximum atomic E-state index is 11.7. The fourth-order valence-corrected chi connectivity index (χ4v) is 1.82. The summed E-state index contributed by atoms with van der Waals surface area (Å²) in [7, 11) is 0. The number of anilines is 1. The Kier molecular flexibility index (Phi) is 2.32. The number of aromatic hydroxyl groups is 1. The van der Waals surface area contributed by atoms with Gasteiger partial charge in [-0.05, 0) is 43.4 Å². The lowest BCUT2D eigenvalue weighted by Gasteiger charge is -2.14. The van der Waals surface area contributed by atoms with E-state index in [1.165, 1.54) is 17.0 Å². The molecule has 0 unspecified atom stereocenters. The Bertz CT molecular complexity index is 416. The molecule has 4 nitrogen and oxygen atoms in total. The molecule has 0 saturated carbocycles. The quantitative estimate of drug-likeness (QED) is 0.696. The normalized spacial score (nSPS) is 20.6. The van der Waals surface area contributed by atoms with Gasteiger partial charge in [-0.2, -0.15) is 0 Å². The molecule has 0 aromatic heterocycles.